The van der Waals surface area contributed by atoms with Crippen molar-refractivity contribution >= 4 is 17.8 Å². The van der Waals surface area contributed by atoms with Crippen molar-refractivity contribution in [1.82, 2.24) is 20.2 Å². The number of imidazole rings is 1. The maximum Gasteiger partial charge on any atom is 0.322 e. The van der Waals surface area contributed by atoms with E-state index in [4.69, 9.17) is 5.11 Å². The molecule has 3 N–H and O–H groups in total. The van der Waals surface area contributed by atoms with E-state index < -0.39 is 24.5 Å². The molecule has 0 aromatic carbocycles. The van der Waals surface area contributed by atoms with Gasteiger partial charge in [-0.3, -0.25) is 14.4 Å². The van der Waals surface area contributed by atoms with Gasteiger partial charge in [-0.1, -0.05) is 0 Å². The molecule has 0 unspecified atom stereocenters. The Hall–Kier alpha value is -2.38. The third-order valence-corrected chi connectivity index (χ3v) is 2.28. The highest BCUT2D eigenvalue weighted by Crippen LogP contribution is 2.00. The number of hydrogen-bond donors (Lipinski definition) is 3. The van der Waals surface area contributed by atoms with E-state index in [1.807, 2.05) is 0 Å². The number of carbonyl (C=O) groups excluding carboxylic acids is 2. The summed E-state index contributed by atoms with van der Waals surface area (Å²) in [5, 5.41) is 13.2. The molecule has 0 aliphatic rings. The van der Waals surface area contributed by atoms with Crippen LogP contribution in [-0.4, -0.2) is 45.0 Å². The average molecular weight is 268 g/mol. The molecule has 1 rings (SSSR count). The van der Waals surface area contributed by atoms with Gasteiger partial charge in [-0.2, -0.15) is 0 Å². The number of aliphatic carboxylic acids is 1. The van der Waals surface area contributed by atoms with E-state index in [1.54, 1.807) is 24.1 Å². The normalized spacial score (nSPS) is 11.7. The first-order valence-electron chi connectivity index (χ1n) is 5.62. The minimum absolute atomic E-state index is 0.200. The van der Waals surface area contributed by atoms with E-state index in [0.29, 0.717) is 5.69 Å². The fraction of sp³-hybridized carbons (Fsp3) is 0.455. The smallest absolute Gasteiger partial charge is 0.322 e. The molecule has 104 valence electrons. The van der Waals surface area contributed by atoms with Crippen LogP contribution in [-0.2, 0) is 27.9 Å². The second-order valence-electron chi connectivity index (χ2n) is 4.10. The van der Waals surface area contributed by atoms with Crippen LogP contribution in [0, 0.1) is 0 Å². The number of nitrogens with zero attached hydrogens (tertiary/aromatic N) is 2. The Bertz CT molecular complexity index is 483. The average Bonchev–Trinajstić information content (AvgIpc) is 2.70. The quantitative estimate of drug-likeness (QED) is 0.591. The molecule has 0 fully saturated rings. The summed E-state index contributed by atoms with van der Waals surface area (Å²) in [4.78, 5) is 37.3. The predicted octanol–water partition coefficient (Wildman–Crippen LogP) is -1.33. The lowest BCUT2D eigenvalue weighted by atomic mass is 10.1. The van der Waals surface area contributed by atoms with Crippen molar-refractivity contribution in [3.63, 3.8) is 0 Å². The molecular weight excluding hydrogens is 252 g/mol. The highest BCUT2D eigenvalue weighted by molar-refractivity contribution is 5.88. The minimum atomic E-state index is -1.15. The Labute approximate surface area is 109 Å². The molecule has 1 heterocycles. The summed E-state index contributed by atoms with van der Waals surface area (Å²) in [7, 11) is 1.79. The van der Waals surface area contributed by atoms with Gasteiger partial charge >= 0.3 is 5.97 Å². The SMILES string of the molecule is CC(=O)N[C@@H](Cc1cn(C)cn1)C(=O)NCC(=O)O. The number of carbonyl (C=O) groups is 3. The van der Waals surface area contributed by atoms with Crippen molar-refractivity contribution in [2.75, 3.05) is 6.54 Å². The maximum atomic E-state index is 11.8. The van der Waals surface area contributed by atoms with Crippen molar-refractivity contribution < 1.29 is 19.5 Å². The van der Waals surface area contributed by atoms with Gasteiger partial charge in [0.2, 0.25) is 11.8 Å². The minimum Gasteiger partial charge on any atom is -0.480 e. The fourth-order valence-corrected chi connectivity index (χ4v) is 1.52. The molecule has 1 aromatic heterocycles. The van der Waals surface area contributed by atoms with Crippen LogP contribution in [0.2, 0.25) is 0 Å². The number of carboxylic acids is 1. The van der Waals surface area contributed by atoms with Gasteiger partial charge < -0.3 is 20.3 Å². The van der Waals surface area contributed by atoms with Crippen LogP contribution < -0.4 is 10.6 Å². The summed E-state index contributed by atoms with van der Waals surface area (Å²) < 4.78 is 1.72. The van der Waals surface area contributed by atoms with Gasteiger partial charge in [0.05, 0.1) is 12.0 Å². The molecule has 2 amide bonds. The lowest BCUT2D eigenvalue weighted by Crippen LogP contribution is -2.48. The first-order valence-corrected chi connectivity index (χ1v) is 5.62. The van der Waals surface area contributed by atoms with Crippen LogP contribution in [0.3, 0.4) is 0 Å². The van der Waals surface area contributed by atoms with Crippen molar-refractivity contribution in [3.8, 4) is 0 Å². The Kier molecular flexibility index (Phi) is 5.04. The standard InChI is InChI=1S/C11H16N4O4/c1-7(16)14-9(11(19)12-4-10(17)18)3-8-5-15(2)6-13-8/h5-6,9H,3-4H2,1-2H3,(H,12,19)(H,14,16)(H,17,18)/t9-/m0/s1. The molecule has 8 heteroatoms. The van der Waals surface area contributed by atoms with Crippen molar-refractivity contribution in [1.29, 1.82) is 0 Å². The van der Waals surface area contributed by atoms with Crippen molar-refractivity contribution in [2.24, 2.45) is 7.05 Å². The molecule has 1 aromatic rings. The Morgan fingerprint density at radius 1 is 1.47 bits per heavy atom. The first-order chi connectivity index (χ1) is 8.88. The Morgan fingerprint density at radius 2 is 2.16 bits per heavy atom. The zero-order valence-corrected chi connectivity index (χ0v) is 10.7. The van der Waals surface area contributed by atoms with Gasteiger partial charge in [-0.15, -0.1) is 0 Å². The predicted molar refractivity (Wildman–Crippen MR) is 65.2 cm³/mol. The molecule has 0 spiro atoms. The second kappa shape index (κ2) is 6.53. The lowest BCUT2D eigenvalue weighted by Gasteiger charge is -2.15. The third kappa shape index (κ3) is 5.19. The van der Waals surface area contributed by atoms with Crippen molar-refractivity contribution in [3.05, 3.63) is 18.2 Å². The highest BCUT2D eigenvalue weighted by Gasteiger charge is 2.21. The molecular formula is C11H16N4O4. The van der Waals surface area contributed by atoms with Crippen LogP contribution in [0.1, 0.15) is 12.6 Å². The molecule has 1 atom stereocenters. The third-order valence-electron chi connectivity index (χ3n) is 2.28. The van der Waals surface area contributed by atoms with Gasteiger partial charge in [-0.05, 0) is 0 Å². The Balaban J connectivity index is 2.68. The lowest BCUT2D eigenvalue weighted by molar-refractivity contribution is -0.138. The number of hydrogen-bond acceptors (Lipinski definition) is 4. The van der Waals surface area contributed by atoms with E-state index in [2.05, 4.69) is 15.6 Å². The number of nitrogens with one attached hydrogen (secondary N) is 2. The molecule has 0 bridgehead atoms. The van der Waals surface area contributed by atoms with Gasteiger partial charge in [0.25, 0.3) is 0 Å². The summed E-state index contributed by atoms with van der Waals surface area (Å²) >= 11 is 0. The molecule has 19 heavy (non-hydrogen) atoms. The van der Waals surface area contributed by atoms with Crippen molar-refractivity contribution in [2.45, 2.75) is 19.4 Å². The van der Waals surface area contributed by atoms with Crippen LogP contribution >= 0.6 is 0 Å². The largest absolute Gasteiger partial charge is 0.480 e. The molecule has 0 radical (unpaired) electrons. The second-order valence-corrected chi connectivity index (χ2v) is 4.10. The summed E-state index contributed by atoms with van der Waals surface area (Å²) in [6.07, 6.45) is 3.50. The first kappa shape index (κ1) is 14.7. The maximum absolute atomic E-state index is 11.8. The summed E-state index contributed by atoms with van der Waals surface area (Å²) in [5.41, 5.74) is 0.631. The molecule has 0 saturated carbocycles. The topological polar surface area (TPSA) is 113 Å². The monoisotopic (exact) mass is 268 g/mol. The van der Waals surface area contributed by atoms with E-state index in [0.717, 1.165) is 0 Å². The number of rotatable bonds is 6. The van der Waals surface area contributed by atoms with Crippen LogP contribution in [0.4, 0.5) is 0 Å². The summed E-state index contributed by atoms with van der Waals surface area (Å²) in [5.74, 6) is -2.07. The van der Waals surface area contributed by atoms with E-state index in [1.165, 1.54) is 6.92 Å². The van der Waals surface area contributed by atoms with E-state index >= 15 is 0 Å². The van der Waals surface area contributed by atoms with Gasteiger partial charge in [0, 0.05) is 26.6 Å². The number of carboxylic acid groups (broad SMARTS) is 1. The molecule has 0 aliphatic heterocycles. The number of aromatic nitrogens is 2. The number of aryl methyl sites for hydroxylation is 1. The van der Waals surface area contributed by atoms with E-state index in [9.17, 15) is 14.4 Å². The summed E-state index contributed by atoms with van der Waals surface area (Å²) in [6, 6.07) is -0.841. The zero-order chi connectivity index (χ0) is 14.4. The Morgan fingerprint density at radius 3 is 2.63 bits per heavy atom. The molecule has 0 saturated heterocycles. The molecule has 0 aliphatic carbocycles. The molecule has 8 nitrogen and oxygen atoms in total. The van der Waals surface area contributed by atoms with Gasteiger partial charge in [-0.25, -0.2) is 4.98 Å². The summed E-state index contributed by atoms with van der Waals surface area (Å²) in [6.45, 7) is 0.799. The zero-order valence-electron chi connectivity index (χ0n) is 10.7. The van der Waals surface area contributed by atoms with Crippen LogP contribution in [0.15, 0.2) is 12.5 Å². The van der Waals surface area contributed by atoms with Gasteiger partial charge in [0.1, 0.15) is 12.6 Å². The van der Waals surface area contributed by atoms with Gasteiger partial charge in [0.15, 0.2) is 0 Å². The van der Waals surface area contributed by atoms with Crippen LogP contribution in [0.5, 0.6) is 0 Å². The fourth-order valence-electron chi connectivity index (χ4n) is 1.52. The highest BCUT2D eigenvalue weighted by atomic mass is 16.4. The van der Waals surface area contributed by atoms with E-state index in [-0.39, 0.29) is 12.3 Å². The number of amides is 2. The van der Waals surface area contributed by atoms with Crippen LogP contribution in [0.25, 0.3) is 0 Å².